The van der Waals surface area contributed by atoms with Crippen molar-refractivity contribution < 1.29 is 38.7 Å². The van der Waals surface area contributed by atoms with E-state index in [1.165, 1.54) is 0 Å². The number of primary amides is 1. The molecule has 0 aliphatic heterocycles. The smallest absolute Gasteiger partial charge is 0.303 e. The van der Waals surface area contributed by atoms with E-state index in [0.717, 1.165) is 23.6 Å². The number of carboxylic acid groups (broad SMARTS) is 2. The Morgan fingerprint density at radius 3 is 2.17 bits per heavy atom. The summed E-state index contributed by atoms with van der Waals surface area (Å²) < 4.78 is 5.35. The number of ketones is 1. The maximum atomic E-state index is 12.4. The van der Waals surface area contributed by atoms with Crippen molar-refractivity contribution in [2.45, 2.75) is 51.5 Å². The van der Waals surface area contributed by atoms with Crippen molar-refractivity contribution in [1.82, 2.24) is 10.5 Å². The Kier molecular flexibility index (Phi) is 12.5. The molecule has 12 heteroatoms. The maximum absolute atomic E-state index is 12.4. The number of halogens is 1. The molecule has 1 heterocycles. The second-order valence-corrected chi connectivity index (χ2v) is 9.21. The van der Waals surface area contributed by atoms with Crippen LogP contribution in [0.3, 0.4) is 0 Å². The second kappa shape index (κ2) is 15.8. The normalized spacial score (nSPS) is 11.1. The number of aliphatic carboxylic acids is 2. The van der Waals surface area contributed by atoms with E-state index in [2.05, 4.69) is 10.5 Å². The topological polar surface area (TPSA) is 190 Å². The van der Waals surface area contributed by atoms with Gasteiger partial charge in [-0.05, 0) is 29.7 Å². The highest BCUT2D eigenvalue weighted by atomic mass is 35.5. The number of carbonyl (C=O) groups is 5. The number of nitrogens with one attached hydrogen (secondary N) is 1. The zero-order chi connectivity index (χ0) is 29.7. The lowest BCUT2D eigenvalue weighted by Crippen LogP contribution is -2.41. The van der Waals surface area contributed by atoms with Crippen LogP contribution in [0, 0.1) is 0 Å². The third kappa shape index (κ3) is 11.5. The Bertz CT molecular complexity index is 1330. The van der Waals surface area contributed by atoms with Gasteiger partial charge in [-0.1, -0.05) is 53.2 Å². The summed E-state index contributed by atoms with van der Waals surface area (Å²) >= 11 is 6.07. The van der Waals surface area contributed by atoms with Crippen LogP contribution < -0.4 is 11.1 Å². The lowest BCUT2D eigenvalue weighted by Gasteiger charge is -2.16. The number of carboxylic acids is 2. The number of Topliss-reactive ketones (excluding diaryl/α,β-unsaturated/α-hetero) is 1. The fourth-order valence-corrected chi connectivity index (χ4v) is 3.76. The summed E-state index contributed by atoms with van der Waals surface area (Å²) in [7, 11) is 0. The van der Waals surface area contributed by atoms with E-state index in [-0.39, 0.29) is 38.5 Å². The van der Waals surface area contributed by atoms with Gasteiger partial charge in [0, 0.05) is 55.7 Å². The zero-order valence-electron chi connectivity index (χ0n) is 21.8. The summed E-state index contributed by atoms with van der Waals surface area (Å²) in [5.74, 6) is -2.96. The average molecular weight is 572 g/mol. The Labute approximate surface area is 235 Å². The molecule has 0 fully saturated rings. The van der Waals surface area contributed by atoms with Gasteiger partial charge in [-0.2, -0.15) is 0 Å². The van der Waals surface area contributed by atoms with Crippen LogP contribution in [-0.4, -0.2) is 50.9 Å². The minimum atomic E-state index is -1.09. The first-order valence-electron chi connectivity index (χ1n) is 12.3. The van der Waals surface area contributed by atoms with Gasteiger partial charge >= 0.3 is 5.97 Å². The Morgan fingerprint density at radius 2 is 1.57 bits per heavy atom. The standard InChI is InChI=1S/C26H26ClN3O6.C2H4O2/c27-19-3-1-2-18(14-19)16-4-6-17(7-5-16)22-15-20(36-30-22)8-12-25(33)29-21(9-13-26(34)35)23(31)10-11-24(28)32;1-2(3)4/h1-7,14-15,21H,8-13H2,(H2,28,32)(H,29,33)(H,34,35);1H3,(H,3,4)/t21-;/m0./s1. The van der Waals surface area contributed by atoms with Gasteiger partial charge in [0.1, 0.15) is 11.5 Å². The van der Waals surface area contributed by atoms with Gasteiger partial charge in [0.05, 0.1) is 6.04 Å². The molecule has 0 unspecified atom stereocenters. The van der Waals surface area contributed by atoms with Crippen molar-refractivity contribution in [3.8, 4) is 22.4 Å². The molecule has 5 N–H and O–H groups in total. The molecule has 0 bridgehead atoms. The van der Waals surface area contributed by atoms with Gasteiger partial charge in [-0.3, -0.25) is 24.0 Å². The first-order valence-corrected chi connectivity index (χ1v) is 12.7. The number of hydrogen-bond donors (Lipinski definition) is 4. The third-order valence-corrected chi connectivity index (χ3v) is 5.72. The minimum Gasteiger partial charge on any atom is -0.481 e. The van der Waals surface area contributed by atoms with Gasteiger partial charge < -0.3 is 25.8 Å². The zero-order valence-corrected chi connectivity index (χ0v) is 22.5. The van der Waals surface area contributed by atoms with Crippen LogP contribution in [0.5, 0.6) is 0 Å². The van der Waals surface area contributed by atoms with E-state index in [1.54, 1.807) is 6.07 Å². The van der Waals surface area contributed by atoms with E-state index < -0.39 is 35.6 Å². The van der Waals surface area contributed by atoms with Gasteiger partial charge in [0.2, 0.25) is 11.8 Å². The van der Waals surface area contributed by atoms with Gasteiger partial charge in [0.25, 0.3) is 5.97 Å². The Morgan fingerprint density at radius 1 is 0.925 bits per heavy atom. The van der Waals surface area contributed by atoms with E-state index in [9.17, 15) is 19.2 Å². The first-order chi connectivity index (χ1) is 18.9. The Balaban J connectivity index is 0.00000131. The summed E-state index contributed by atoms with van der Waals surface area (Å²) in [5, 5.41) is 23.6. The van der Waals surface area contributed by atoms with Crippen LogP contribution in [0.1, 0.15) is 44.8 Å². The number of aryl methyl sites for hydroxylation is 1. The average Bonchev–Trinajstić information content (AvgIpc) is 3.37. The highest BCUT2D eigenvalue weighted by Gasteiger charge is 2.22. The van der Waals surface area contributed by atoms with Crippen LogP contribution in [0.2, 0.25) is 5.02 Å². The molecule has 0 spiro atoms. The van der Waals surface area contributed by atoms with Crippen molar-refractivity contribution in [3.63, 3.8) is 0 Å². The summed E-state index contributed by atoms with van der Waals surface area (Å²) in [6.07, 6.45) is -0.457. The first kappa shape index (κ1) is 31.7. The van der Waals surface area contributed by atoms with Crippen molar-refractivity contribution in [2.24, 2.45) is 5.73 Å². The van der Waals surface area contributed by atoms with Crippen LogP contribution in [0.15, 0.2) is 59.1 Å². The molecule has 3 aromatic rings. The molecule has 0 saturated carbocycles. The number of carbonyl (C=O) groups excluding carboxylic acids is 3. The molecule has 0 aliphatic rings. The van der Waals surface area contributed by atoms with E-state index in [1.807, 2.05) is 48.5 Å². The lowest BCUT2D eigenvalue weighted by atomic mass is 10.0. The summed E-state index contributed by atoms with van der Waals surface area (Å²) in [4.78, 5) is 55.6. The molecule has 11 nitrogen and oxygen atoms in total. The van der Waals surface area contributed by atoms with Gasteiger partial charge in [-0.25, -0.2) is 0 Å². The van der Waals surface area contributed by atoms with Crippen LogP contribution in [0.4, 0.5) is 0 Å². The van der Waals surface area contributed by atoms with Gasteiger partial charge in [0.15, 0.2) is 5.78 Å². The molecule has 2 aromatic carbocycles. The lowest BCUT2D eigenvalue weighted by molar-refractivity contribution is -0.138. The monoisotopic (exact) mass is 571 g/mol. The highest BCUT2D eigenvalue weighted by Crippen LogP contribution is 2.26. The summed E-state index contributed by atoms with van der Waals surface area (Å²) in [6.45, 7) is 1.08. The van der Waals surface area contributed by atoms with E-state index in [4.69, 9.17) is 36.9 Å². The van der Waals surface area contributed by atoms with E-state index >= 15 is 0 Å². The highest BCUT2D eigenvalue weighted by molar-refractivity contribution is 6.30. The second-order valence-electron chi connectivity index (χ2n) is 8.77. The predicted molar refractivity (Wildman–Crippen MR) is 146 cm³/mol. The fourth-order valence-electron chi connectivity index (χ4n) is 3.57. The molecule has 1 aromatic heterocycles. The molecular formula is C28H30ClN3O8. The van der Waals surface area contributed by atoms with Crippen molar-refractivity contribution in [1.29, 1.82) is 0 Å². The third-order valence-electron chi connectivity index (χ3n) is 5.48. The van der Waals surface area contributed by atoms with Crippen LogP contribution in [0.25, 0.3) is 22.4 Å². The molecular weight excluding hydrogens is 542 g/mol. The SMILES string of the molecule is CC(=O)O.NC(=O)CCC(=O)[C@H](CCC(=O)O)NC(=O)CCc1cc(-c2ccc(-c3cccc(Cl)c3)cc2)no1. The molecule has 0 saturated heterocycles. The van der Waals surface area contributed by atoms with Gasteiger partial charge in [-0.15, -0.1) is 0 Å². The molecule has 40 heavy (non-hydrogen) atoms. The van der Waals surface area contributed by atoms with Crippen LogP contribution >= 0.6 is 11.6 Å². The number of hydrogen-bond acceptors (Lipinski definition) is 7. The number of aromatic nitrogens is 1. The number of nitrogens with two attached hydrogens (primary N) is 1. The largest absolute Gasteiger partial charge is 0.481 e. The molecule has 2 amide bonds. The van der Waals surface area contributed by atoms with Crippen LogP contribution in [-0.2, 0) is 30.4 Å². The number of nitrogens with zero attached hydrogens (tertiary/aromatic N) is 1. The van der Waals surface area contributed by atoms with Crippen molar-refractivity contribution in [2.75, 3.05) is 0 Å². The molecule has 1 atom stereocenters. The predicted octanol–water partition coefficient (Wildman–Crippen LogP) is 3.87. The fraction of sp³-hybridized carbons (Fsp3) is 0.286. The molecule has 212 valence electrons. The molecule has 3 rings (SSSR count). The maximum Gasteiger partial charge on any atom is 0.303 e. The van der Waals surface area contributed by atoms with Crippen molar-refractivity contribution >= 4 is 41.1 Å². The number of amides is 2. The van der Waals surface area contributed by atoms with E-state index in [0.29, 0.717) is 16.5 Å². The quantitative estimate of drug-likeness (QED) is 0.236. The molecule has 0 aliphatic carbocycles. The summed E-state index contributed by atoms with van der Waals surface area (Å²) in [6, 6.07) is 16.0. The minimum absolute atomic E-state index is 0.00894. The molecule has 0 radical (unpaired) electrons. The summed E-state index contributed by atoms with van der Waals surface area (Å²) in [5.41, 5.74) is 8.52. The Hall–Kier alpha value is -4.51. The number of benzene rings is 2. The number of rotatable bonds is 13. The van der Waals surface area contributed by atoms with Crippen molar-refractivity contribution in [3.05, 3.63) is 65.4 Å².